The molecular formula is C26H34N2O4. The lowest BCUT2D eigenvalue weighted by Gasteiger charge is -2.43. The molecule has 0 bridgehead atoms. The smallest absolute Gasteiger partial charge is 0.106 e. The number of H-pyrrole nitrogens is 1. The molecule has 1 aromatic heterocycles. The number of fused-ring (bicyclic) bond motifs is 3. The summed E-state index contributed by atoms with van der Waals surface area (Å²) in [5, 5.41) is 36.6. The number of hydrogen-bond donors (Lipinski definition) is 4. The predicted octanol–water partition coefficient (Wildman–Crippen LogP) is 3.61. The Bertz CT molecular complexity index is 1050. The molecule has 6 nitrogen and oxygen atoms in total. The van der Waals surface area contributed by atoms with Gasteiger partial charge in [-0.1, -0.05) is 36.8 Å². The van der Waals surface area contributed by atoms with Crippen molar-refractivity contribution in [1.82, 2.24) is 10.2 Å². The normalized spacial score (nSPS) is 29.2. The van der Waals surface area contributed by atoms with E-state index in [1.54, 1.807) is 0 Å². The van der Waals surface area contributed by atoms with Crippen LogP contribution in [0.3, 0.4) is 0 Å². The van der Waals surface area contributed by atoms with E-state index >= 15 is 0 Å². The lowest BCUT2D eigenvalue weighted by Crippen LogP contribution is -2.51. The fourth-order valence-electron chi connectivity index (χ4n) is 5.27. The lowest BCUT2D eigenvalue weighted by atomic mass is 9.83. The van der Waals surface area contributed by atoms with Crippen molar-refractivity contribution < 1.29 is 20.1 Å². The van der Waals surface area contributed by atoms with Crippen LogP contribution in [-0.4, -0.2) is 50.9 Å². The van der Waals surface area contributed by atoms with Gasteiger partial charge < -0.3 is 20.1 Å². The van der Waals surface area contributed by atoms with E-state index in [1.807, 2.05) is 6.92 Å². The van der Waals surface area contributed by atoms with Gasteiger partial charge in [0.05, 0.1) is 23.3 Å². The van der Waals surface area contributed by atoms with Crippen LogP contribution in [0.4, 0.5) is 0 Å². The number of aromatic amines is 1. The van der Waals surface area contributed by atoms with Gasteiger partial charge in [0, 0.05) is 31.0 Å². The summed E-state index contributed by atoms with van der Waals surface area (Å²) in [5.74, 6) is 0. The highest BCUT2D eigenvalue weighted by molar-refractivity contribution is 5.84. The number of nitrogens with one attached hydrogen (secondary N) is 1. The first kappa shape index (κ1) is 22.9. The zero-order valence-electron chi connectivity index (χ0n) is 19.1. The SMILES string of the molecule is CCC1=CC=C(Cc2[nH]nc3cc4c(cc23)[C@@]2(CC4)CC(O)[C@H](O)C(C)O2)CC=C1.CO. The molecule has 1 spiro atoms. The third-order valence-corrected chi connectivity index (χ3v) is 7.03. The average molecular weight is 439 g/mol. The minimum absolute atomic E-state index is 0.387. The summed E-state index contributed by atoms with van der Waals surface area (Å²) in [4.78, 5) is 0. The molecule has 1 saturated heterocycles. The van der Waals surface area contributed by atoms with Gasteiger partial charge in [0.1, 0.15) is 6.10 Å². The van der Waals surface area contributed by atoms with Crippen LogP contribution < -0.4 is 0 Å². The van der Waals surface area contributed by atoms with Crippen molar-refractivity contribution in [3.8, 4) is 0 Å². The number of aryl methyl sites for hydroxylation is 1. The van der Waals surface area contributed by atoms with E-state index in [0.29, 0.717) is 6.42 Å². The Labute approximate surface area is 189 Å². The minimum Gasteiger partial charge on any atom is -0.400 e. The van der Waals surface area contributed by atoms with Crippen LogP contribution in [0.5, 0.6) is 0 Å². The van der Waals surface area contributed by atoms with Gasteiger partial charge in [-0.3, -0.25) is 5.10 Å². The summed E-state index contributed by atoms with van der Waals surface area (Å²) in [7, 11) is 1.00. The first-order valence-electron chi connectivity index (χ1n) is 11.5. The highest BCUT2D eigenvalue weighted by Crippen LogP contribution is 2.48. The first-order chi connectivity index (χ1) is 15.5. The number of nitrogens with zero attached hydrogens (tertiary/aromatic N) is 1. The molecule has 2 aromatic rings. The van der Waals surface area contributed by atoms with E-state index in [1.165, 1.54) is 16.7 Å². The summed E-state index contributed by atoms with van der Waals surface area (Å²) >= 11 is 0. The minimum atomic E-state index is -0.829. The van der Waals surface area contributed by atoms with Crippen molar-refractivity contribution in [3.63, 3.8) is 0 Å². The Kier molecular flexibility index (Phi) is 6.67. The van der Waals surface area contributed by atoms with Gasteiger partial charge in [-0.2, -0.15) is 5.10 Å². The van der Waals surface area contributed by atoms with Gasteiger partial charge in [0.25, 0.3) is 0 Å². The van der Waals surface area contributed by atoms with Gasteiger partial charge in [-0.15, -0.1) is 0 Å². The average Bonchev–Trinajstić information content (AvgIpc) is 3.25. The second-order valence-electron chi connectivity index (χ2n) is 9.01. The molecule has 1 fully saturated rings. The summed E-state index contributed by atoms with van der Waals surface area (Å²) in [5.41, 5.74) is 6.69. The third kappa shape index (κ3) is 4.08. The monoisotopic (exact) mass is 438 g/mol. The van der Waals surface area contributed by atoms with Crippen molar-refractivity contribution in [2.45, 2.75) is 76.3 Å². The molecule has 0 amide bonds. The highest BCUT2D eigenvalue weighted by Gasteiger charge is 2.49. The number of ether oxygens (including phenoxy) is 1. The lowest BCUT2D eigenvalue weighted by molar-refractivity contribution is -0.213. The maximum atomic E-state index is 10.4. The topological polar surface area (TPSA) is 98.6 Å². The van der Waals surface area contributed by atoms with E-state index < -0.39 is 17.8 Å². The number of rotatable bonds is 3. The molecule has 172 valence electrons. The van der Waals surface area contributed by atoms with E-state index in [0.717, 1.165) is 61.4 Å². The van der Waals surface area contributed by atoms with Crippen molar-refractivity contribution in [1.29, 1.82) is 0 Å². The molecule has 4 atom stereocenters. The molecule has 4 N–H and O–H groups in total. The molecular weight excluding hydrogens is 404 g/mol. The molecule has 1 aromatic carbocycles. The molecule has 3 aliphatic rings. The van der Waals surface area contributed by atoms with Gasteiger partial charge >= 0.3 is 0 Å². The van der Waals surface area contributed by atoms with Crippen LogP contribution in [0.2, 0.25) is 0 Å². The number of aliphatic hydroxyl groups is 3. The Balaban J connectivity index is 0.00000119. The summed E-state index contributed by atoms with van der Waals surface area (Å²) in [6.45, 7) is 4.02. The first-order valence-corrected chi connectivity index (χ1v) is 11.5. The Morgan fingerprint density at radius 2 is 2.03 bits per heavy atom. The van der Waals surface area contributed by atoms with Crippen molar-refractivity contribution in [2.75, 3.05) is 7.11 Å². The van der Waals surface area contributed by atoms with Crippen molar-refractivity contribution >= 4 is 10.9 Å². The quantitative estimate of drug-likeness (QED) is 0.587. The maximum absolute atomic E-state index is 10.4. The fraction of sp³-hybridized carbons (Fsp3) is 0.500. The van der Waals surface area contributed by atoms with Crippen LogP contribution >= 0.6 is 0 Å². The van der Waals surface area contributed by atoms with Gasteiger partial charge in [0.15, 0.2) is 0 Å². The Morgan fingerprint density at radius 1 is 1.22 bits per heavy atom. The van der Waals surface area contributed by atoms with Crippen LogP contribution in [0.15, 0.2) is 47.6 Å². The second kappa shape index (κ2) is 9.32. The summed E-state index contributed by atoms with van der Waals surface area (Å²) in [6, 6.07) is 4.38. The number of allylic oxidation sites excluding steroid dienone is 6. The maximum Gasteiger partial charge on any atom is 0.106 e. The molecule has 0 saturated carbocycles. The van der Waals surface area contributed by atoms with Gasteiger partial charge in [-0.05, 0) is 61.4 Å². The van der Waals surface area contributed by atoms with Crippen LogP contribution in [0.25, 0.3) is 10.9 Å². The zero-order valence-corrected chi connectivity index (χ0v) is 19.1. The fourth-order valence-corrected chi connectivity index (χ4v) is 5.27. The Hall–Kier alpha value is -2.25. The highest BCUT2D eigenvalue weighted by atomic mass is 16.5. The number of hydrogen-bond acceptors (Lipinski definition) is 5. The standard InChI is InChI=1S/C25H30N2O3.CH4O/c1-3-16-5-4-6-17(8-7-16)11-21-19-13-20-18(12-22(19)27-26-21)9-10-25(20)14-23(28)24(29)15(2)30-25;1-2/h4-5,7-8,12-13,15,23-24,28-29H,3,6,9-11,14H2,1-2H3,(H,26,27);2H,1H3/t15?,23?,24-,25-;/m1./s1. The van der Waals surface area contributed by atoms with Crippen LogP contribution in [0, 0.1) is 0 Å². The van der Waals surface area contributed by atoms with E-state index in [4.69, 9.17) is 9.84 Å². The van der Waals surface area contributed by atoms with Crippen LogP contribution in [-0.2, 0) is 23.2 Å². The largest absolute Gasteiger partial charge is 0.400 e. The molecule has 6 heteroatoms. The van der Waals surface area contributed by atoms with E-state index in [9.17, 15) is 10.2 Å². The number of benzene rings is 1. The predicted molar refractivity (Wildman–Crippen MR) is 125 cm³/mol. The van der Waals surface area contributed by atoms with Crippen LogP contribution in [0.1, 0.15) is 56.4 Å². The number of aromatic nitrogens is 2. The number of aliphatic hydroxyl groups excluding tert-OH is 3. The van der Waals surface area contributed by atoms with Crippen molar-refractivity contribution in [2.24, 2.45) is 0 Å². The molecule has 2 heterocycles. The third-order valence-electron chi connectivity index (χ3n) is 7.03. The Morgan fingerprint density at radius 3 is 2.78 bits per heavy atom. The van der Waals surface area contributed by atoms with E-state index in [-0.39, 0.29) is 6.10 Å². The van der Waals surface area contributed by atoms with E-state index in [2.05, 4.69) is 53.6 Å². The van der Waals surface area contributed by atoms with Crippen molar-refractivity contribution in [3.05, 3.63) is 64.4 Å². The summed E-state index contributed by atoms with van der Waals surface area (Å²) < 4.78 is 6.33. The van der Waals surface area contributed by atoms with Gasteiger partial charge in [-0.25, -0.2) is 0 Å². The second-order valence-corrected chi connectivity index (χ2v) is 9.01. The molecule has 2 unspecified atom stereocenters. The molecule has 5 rings (SSSR count). The molecule has 2 aliphatic carbocycles. The van der Waals surface area contributed by atoms with Gasteiger partial charge in [0.2, 0.25) is 0 Å². The zero-order chi connectivity index (χ0) is 22.9. The molecule has 0 radical (unpaired) electrons. The molecule has 1 aliphatic heterocycles. The summed E-state index contributed by atoms with van der Waals surface area (Å²) in [6.07, 6.45) is 11.9. The molecule has 32 heavy (non-hydrogen) atoms.